The lowest BCUT2D eigenvalue weighted by Crippen LogP contribution is -2.44. The van der Waals surface area contributed by atoms with Crippen LogP contribution in [0.1, 0.15) is 29.6 Å². The molecule has 8 heteroatoms. The maximum Gasteiger partial charge on any atom is 0.308 e. The van der Waals surface area contributed by atoms with Gasteiger partial charge < -0.3 is 14.7 Å². The van der Waals surface area contributed by atoms with Crippen molar-refractivity contribution in [3.05, 3.63) is 66.1 Å². The molecule has 2 heterocycles. The number of carboxylic acids is 1. The number of hydrogen-bond donors (Lipinski definition) is 1. The van der Waals surface area contributed by atoms with Crippen molar-refractivity contribution in [2.45, 2.75) is 24.2 Å². The molecule has 1 aliphatic rings. The van der Waals surface area contributed by atoms with Gasteiger partial charge in [-0.2, -0.15) is 0 Å². The van der Waals surface area contributed by atoms with Crippen molar-refractivity contribution in [2.75, 3.05) is 32.5 Å². The quantitative estimate of drug-likeness (QED) is 0.307. The number of rotatable bonds is 10. The third kappa shape index (κ3) is 6.38. The Morgan fingerprint density at radius 1 is 1.23 bits per heavy atom. The van der Waals surface area contributed by atoms with Gasteiger partial charge in [-0.1, -0.05) is 6.07 Å². The molecular weight excluding hydrogens is 467 g/mol. The van der Waals surface area contributed by atoms with Crippen LogP contribution in [0.15, 0.2) is 59.6 Å². The van der Waals surface area contributed by atoms with E-state index in [9.17, 15) is 19.1 Å². The molecule has 0 saturated carbocycles. The largest absolute Gasteiger partial charge is 0.497 e. The van der Waals surface area contributed by atoms with Crippen LogP contribution in [-0.4, -0.2) is 59.2 Å². The first-order chi connectivity index (χ1) is 16.9. The number of methoxy groups -OCH3 is 1. The normalized spacial score (nSPS) is 18.5. The van der Waals surface area contributed by atoms with Gasteiger partial charge in [0, 0.05) is 47.3 Å². The summed E-state index contributed by atoms with van der Waals surface area (Å²) in [7, 11) is 1.58. The van der Waals surface area contributed by atoms with Gasteiger partial charge in [0.15, 0.2) is 5.78 Å². The third-order valence-corrected chi connectivity index (χ3v) is 7.59. The minimum Gasteiger partial charge on any atom is -0.497 e. The molecule has 1 saturated heterocycles. The summed E-state index contributed by atoms with van der Waals surface area (Å²) in [6.45, 7) is 2.00. The fraction of sp³-hybridized carbons (Fsp3) is 0.370. The number of aromatic nitrogens is 1. The molecule has 1 N–H and O–H groups in total. The van der Waals surface area contributed by atoms with Crippen LogP contribution in [0, 0.1) is 17.7 Å². The molecule has 184 valence electrons. The zero-order chi connectivity index (χ0) is 24.8. The van der Waals surface area contributed by atoms with Crippen LogP contribution < -0.4 is 4.74 Å². The maximum atomic E-state index is 13.4. The van der Waals surface area contributed by atoms with Gasteiger partial charge in [0.25, 0.3) is 0 Å². The highest BCUT2D eigenvalue weighted by atomic mass is 32.2. The predicted molar refractivity (Wildman–Crippen MR) is 135 cm³/mol. The number of aliphatic carboxylic acids is 1. The molecule has 4 rings (SSSR count). The van der Waals surface area contributed by atoms with Gasteiger partial charge in [-0.25, -0.2) is 4.39 Å². The van der Waals surface area contributed by atoms with Crippen molar-refractivity contribution in [3.8, 4) is 5.75 Å². The summed E-state index contributed by atoms with van der Waals surface area (Å²) in [5.41, 5.74) is 1.32. The first kappa shape index (κ1) is 25.1. The Labute approximate surface area is 208 Å². The summed E-state index contributed by atoms with van der Waals surface area (Å²) in [5.74, 6) is -0.218. The molecule has 2 unspecified atom stereocenters. The Hall–Kier alpha value is -2.97. The molecule has 0 aliphatic carbocycles. The van der Waals surface area contributed by atoms with E-state index < -0.39 is 11.9 Å². The smallest absolute Gasteiger partial charge is 0.308 e. The average Bonchev–Trinajstić information content (AvgIpc) is 2.87. The summed E-state index contributed by atoms with van der Waals surface area (Å²) in [5, 5.41) is 10.6. The number of ether oxygens (including phenoxy) is 1. The molecule has 2 aromatic carbocycles. The van der Waals surface area contributed by atoms with Crippen LogP contribution in [0.2, 0.25) is 0 Å². The summed E-state index contributed by atoms with van der Waals surface area (Å²) < 4.78 is 18.7. The number of ketones is 1. The van der Waals surface area contributed by atoms with Gasteiger partial charge in [0.1, 0.15) is 11.6 Å². The molecule has 0 amide bonds. The second kappa shape index (κ2) is 11.6. The SMILES string of the molecule is COc1ccc2nccc(C(=O)CCC3CCN(CCSc4cccc(F)c4)CC3C(=O)O)c2c1. The second-order valence-electron chi connectivity index (χ2n) is 8.80. The number of halogens is 1. The predicted octanol–water partition coefficient (Wildman–Crippen LogP) is 5.16. The van der Waals surface area contributed by atoms with Crippen LogP contribution in [0.4, 0.5) is 4.39 Å². The Bertz CT molecular complexity index is 1200. The number of Topliss-reactive ketones (excluding diaryl/α,β-unsaturated/α-hetero) is 1. The number of thioether (sulfide) groups is 1. The van der Waals surface area contributed by atoms with Crippen LogP contribution in [0.5, 0.6) is 5.75 Å². The Kier molecular flexibility index (Phi) is 8.36. The number of pyridine rings is 1. The minimum atomic E-state index is -0.816. The fourth-order valence-corrected chi connectivity index (χ4v) is 5.65. The number of carboxylic acid groups (broad SMARTS) is 1. The van der Waals surface area contributed by atoms with Gasteiger partial charge >= 0.3 is 5.97 Å². The molecule has 35 heavy (non-hydrogen) atoms. The number of hydrogen-bond acceptors (Lipinski definition) is 6. The van der Waals surface area contributed by atoms with Crippen molar-refractivity contribution < 1.29 is 23.8 Å². The summed E-state index contributed by atoms with van der Waals surface area (Å²) in [6.07, 6.45) is 3.19. The van der Waals surface area contributed by atoms with Crippen molar-refractivity contribution >= 4 is 34.4 Å². The van der Waals surface area contributed by atoms with Crippen LogP contribution >= 0.6 is 11.8 Å². The van der Waals surface area contributed by atoms with Crippen LogP contribution in [-0.2, 0) is 4.79 Å². The minimum absolute atomic E-state index is 0.0104. The van der Waals surface area contributed by atoms with Crippen molar-refractivity contribution in [3.63, 3.8) is 0 Å². The van der Waals surface area contributed by atoms with E-state index in [1.807, 2.05) is 24.3 Å². The van der Waals surface area contributed by atoms with Crippen molar-refractivity contribution in [1.82, 2.24) is 9.88 Å². The number of carbonyl (C=O) groups excluding carboxylic acids is 1. The molecule has 0 spiro atoms. The van der Waals surface area contributed by atoms with Gasteiger partial charge in [-0.3, -0.25) is 14.6 Å². The van der Waals surface area contributed by atoms with E-state index in [2.05, 4.69) is 9.88 Å². The highest BCUT2D eigenvalue weighted by Crippen LogP contribution is 2.30. The van der Waals surface area contributed by atoms with E-state index in [1.165, 1.54) is 12.1 Å². The Morgan fingerprint density at radius 2 is 2.09 bits per heavy atom. The Morgan fingerprint density at radius 3 is 2.86 bits per heavy atom. The molecule has 1 fully saturated rings. The number of likely N-dealkylation sites (tertiary alicyclic amines) is 1. The molecule has 6 nitrogen and oxygen atoms in total. The van der Waals surface area contributed by atoms with Crippen LogP contribution in [0.25, 0.3) is 10.9 Å². The van der Waals surface area contributed by atoms with Crippen molar-refractivity contribution in [1.29, 1.82) is 0 Å². The highest BCUT2D eigenvalue weighted by Gasteiger charge is 2.34. The molecule has 1 aromatic heterocycles. The number of nitrogens with zero attached hydrogens (tertiary/aromatic N) is 2. The number of piperidine rings is 1. The standard InChI is InChI=1S/C27H29FN2O4S/c1-34-20-6-7-25-23(16-20)22(9-11-29-25)26(31)8-5-18-10-12-30(17-24(18)27(32)33)13-14-35-21-4-2-3-19(28)15-21/h2-4,6-7,9,11,15-16,18,24H,5,8,10,12-14,17H2,1H3,(H,32,33). The summed E-state index contributed by atoms with van der Waals surface area (Å²) in [6, 6.07) is 13.7. The topological polar surface area (TPSA) is 79.7 Å². The van der Waals surface area contributed by atoms with Gasteiger partial charge in [-0.15, -0.1) is 11.8 Å². The first-order valence-electron chi connectivity index (χ1n) is 11.7. The number of fused-ring (bicyclic) bond motifs is 1. The van der Waals surface area contributed by atoms with Gasteiger partial charge in [0.2, 0.25) is 0 Å². The van der Waals surface area contributed by atoms with Crippen LogP contribution in [0.3, 0.4) is 0 Å². The second-order valence-corrected chi connectivity index (χ2v) is 9.97. The van der Waals surface area contributed by atoms with E-state index in [0.717, 1.165) is 41.1 Å². The van der Waals surface area contributed by atoms with E-state index in [4.69, 9.17) is 4.74 Å². The zero-order valence-corrected chi connectivity index (χ0v) is 20.5. The molecule has 3 aromatic rings. The molecule has 0 radical (unpaired) electrons. The number of carbonyl (C=O) groups is 2. The van der Waals surface area contributed by atoms with Gasteiger partial charge in [-0.05, 0) is 67.8 Å². The fourth-order valence-electron chi connectivity index (χ4n) is 4.69. The lowest BCUT2D eigenvalue weighted by atomic mass is 9.81. The lowest BCUT2D eigenvalue weighted by Gasteiger charge is -2.36. The zero-order valence-electron chi connectivity index (χ0n) is 19.7. The van der Waals surface area contributed by atoms with E-state index in [0.29, 0.717) is 30.7 Å². The average molecular weight is 497 g/mol. The lowest BCUT2D eigenvalue weighted by molar-refractivity contribution is -0.146. The number of benzene rings is 2. The van der Waals surface area contributed by atoms with E-state index in [-0.39, 0.29) is 17.5 Å². The monoisotopic (exact) mass is 496 g/mol. The summed E-state index contributed by atoms with van der Waals surface area (Å²) in [4.78, 5) is 32.5. The first-order valence-corrected chi connectivity index (χ1v) is 12.7. The molecule has 1 aliphatic heterocycles. The van der Waals surface area contributed by atoms with Crippen molar-refractivity contribution in [2.24, 2.45) is 11.8 Å². The highest BCUT2D eigenvalue weighted by molar-refractivity contribution is 7.99. The third-order valence-electron chi connectivity index (χ3n) is 6.62. The summed E-state index contributed by atoms with van der Waals surface area (Å²) >= 11 is 1.57. The molecule has 2 atom stereocenters. The maximum absolute atomic E-state index is 13.4. The van der Waals surface area contributed by atoms with E-state index >= 15 is 0 Å². The molecular formula is C27H29FN2O4S. The molecule has 0 bridgehead atoms. The van der Waals surface area contributed by atoms with Gasteiger partial charge in [0.05, 0.1) is 18.5 Å². The van der Waals surface area contributed by atoms with E-state index in [1.54, 1.807) is 37.2 Å². The Balaban J connectivity index is 1.33.